The number of hydrogen-bond acceptors (Lipinski definition) is 0. The Kier molecular flexibility index (Phi) is 6.40. The molecule has 6 aromatic rings. The molecule has 0 unspecified atom stereocenters. The maximum Gasteiger partial charge on any atom is 0.0210 e. The molecule has 0 atom stereocenters. The van der Waals surface area contributed by atoms with Crippen molar-refractivity contribution in [1.29, 1.82) is 0 Å². The minimum atomic E-state index is -0.0578. The minimum absolute atomic E-state index is 0.0578. The fourth-order valence-electron chi connectivity index (χ4n) is 7.02. The van der Waals surface area contributed by atoms with Gasteiger partial charge < -0.3 is 0 Å². The van der Waals surface area contributed by atoms with Crippen LogP contribution in [-0.2, 0) is 5.41 Å². The lowest BCUT2D eigenvalue weighted by molar-refractivity contribution is 0.491. The standard InChI is InChI=1S/C41H34/c1-3-41(4-2)38-28-35(31-21-13-7-14-22-31)34(30-19-11-6-12-20-30)27-37(38)40-36(32-23-15-8-16-24-32)25-33(26-39(40)41)29-17-9-5-10-18-29/h5-28H,3-4H2,1-2H3. The Balaban J connectivity index is 1.60. The Bertz CT molecular complexity index is 1810. The minimum Gasteiger partial charge on any atom is -0.0642 e. The SMILES string of the molecule is CCC1(CC)c2cc(-c3ccccc3)c(-c3ccccc3)cc2-c2c(-c3ccccc3)cc(-c3ccccc3)cc21. The van der Waals surface area contributed by atoms with Gasteiger partial charge in [-0.25, -0.2) is 0 Å². The average Bonchev–Trinajstić information content (AvgIpc) is 3.34. The molecule has 41 heavy (non-hydrogen) atoms. The maximum atomic E-state index is 2.52. The van der Waals surface area contributed by atoms with Gasteiger partial charge in [0.2, 0.25) is 0 Å². The van der Waals surface area contributed by atoms with E-state index in [1.807, 2.05) is 0 Å². The molecule has 0 N–H and O–H groups in total. The highest BCUT2D eigenvalue weighted by Gasteiger charge is 2.43. The molecular formula is C41H34. The van der Waals surface area contributed by atoms with Gasteiger partial charge in [-0.1, -0.05) is 135 Å². The van der Waals surface area contributed by atoms with Gasteiger partial charge in [-0.2, -0.15) is 0 Å². The van der Waals surface area contributed by atoms with Crippen molar-refractivity contribution in [3.05, 3.63) is 157 Å². The molecule has 0 aliphatic heterocycles. The van der Waals surface area contributed by atoms with Crippen LogP contribution in [0.4, 0.5) is 0 Å². The van der Waals surface area contributed by atoms with Gasteiger partial charge in [-0.15, -0.1) is 0 Å². The molecule has 0 amide bonds. The van der Waals surface area contributed by atoms with Crippen molar-refractivity contribution in [1.82, 2.24) is 0 Å². The van der Waals surface area contributed by atoms with Crippen molar-refractivity contribution < 1.29 is 0 Å². The predicted octanol–water partition coefficient (Wildman–Crippen LogP) is 11.4. The van der Waals surface area contributed by atoms with Crippen LogP contribution in [0, 0.1) is 0 Å². The van der Waals surface area contributed by atoms with Crippen molar-refractivity contribution >= 4 is 0 Å². The molecule has 0 spiro atoms. The molecular weight excluding hydrogens is 492 g/mol. The van der Waals surface area contributed by atoms with Crippen molar-refractivity contribution in [2.24, 2.45) is 0 Å². The first-order chi connectivity index (χ1) is 20.2. The molecule has 1 aliphatic rings. The Morgan fingerprint density at radius 1 is 0.366 bits per heavy atom. The molecule has 0 radical (unpaired) electrons. The molecule has 0 saturated carbocycles. The fourth-order valence-corrected chi connectivity index (χ4v) is 7.02. The van der Waals surface area contributed by atoms with E-state index < -0.39 is 0 Å². The molecule has 198 valence electrons. The highest BCUT2D eigenvalue weighted by Crippen LogP contribution is 2.58. The second-order valence-corrected chi connectivity index (χ2v) is 11.1. The lowest BCUT2D eigenvalue weighted by Crippen LogP contribution is -2.23. The molecule has 0 fully saturated rings. The van der Waals surface area contributed by atoms with Gasteiger partial charge >= 0.3 is 0 Å². The van der Waals surface area contributed by atoms with Gasteiger partial charge in [0, 0.05) is 5.41 Å². The van der Waals surface area contributed by atoms with Crippen molar-refractivity contribution in [2.75, 3.05) is 0 Å². The van der Waals surface area contributed by atoms with Gasteiger partial charge in [-0.05, 0) is 104 Å². The van der Waals surface area contributed by atoms with Gasteiger partial charge in [0.05, 0.1) is 0 Å². The van der Waals surface area contributed by atoms with E-state index in [1.54, 1.807) is 0 Å². The normalized spacial score (nSPS) is 13.0. The number of hydrogen-bond donors (Lipinski definition) is 0. The van der Waals surface area contributed by atoms with E-state index in [4.69, 9.17) is 0 Å². The Labute approximate surface area is 244 Å². The lowest BCUT2D eigenvalue weighted by Gasteiger charge is -2.31. The highest BCUT2D eigenvalue weighted by atomic mass is 14.5. The summed E-state index contributed by atoms with van der Waals surface area (Å²) in [6.45, 7) is 4.74. The monoisotopic (exact) mass is 526 g/mol. The van der Waals surface area contributed by atoms with Crippen LogP contribution in [-0.4, -0.2) is 0 Å². The zero-order valence-corrected chi connectivity index (χ0v) is 23.8. The van der Waals surface area contributed by atoms with Gasteiger partial charge in [0.1, 0.15) is 0 Å². The van der Waals surface area contributed by atoms with E-state index in [2.05, 4.69) is 159 Å². The molecule has 0 saturated heterocycles. The van der Waals surface area contributed by atoms with Gasteiger partial charge in [0.25, 0.3) is 0 Å². The van der Waals surface area contributed by atoms with E-state index in [9.17, 15) is 0 Å². The first-order valence-corrected chi connectivity index (χ1v) is 14.8. The van der Waals surface area contributed by atoms with Crippen LogP contribution in [0.25, 0.3) is 55.6 Å². The first-order valence-electron chi connectivity index (χ1n) is 14.8. The summed E-state index contributed by atoms with van der Waals surface area (Å²) in [6, 6.07) is 53.5. The van der Waals surface area contributed by atoms with Crippen molar-refractivity contribution in [3.8, 4) is 55.6 Å². The molecule has 0 aromatic heterocycles. The van der Waals surface area contributed by atoms with Crippen LogP contribution >= 0.6 is 0 Å². The van der Waals surface area contributed by atoms with E-state index in [1.165, 1.54) is 66.8 Å². The molecule has 6 aromatic carbocycles. The first kappa shape index (κ1) is 25.3. The van der Waals surface area contributed by atoms with Gasteiger partial charge in [-0.3, -0.25) is 0 Å². The number of benzene rings is 6. The Morgan fingerprint density at radius 3 is 1.29 bits per heavy atom. The topological polar surface area (TPSA) is 0 Å². The van der Waals surface area contributed by atoms with Crippen molar-refractivity contribution in [2.45, 2.75) is 32.1 Å². The zero-order chi connectivity index (χ0) is 27.8. The third-order valence-corrected chi connectivity index (χ3v) is 9.17. The third-order valence-electron chi connectivity index (χ3n) is 9.17. The number of rotatable bonds is 6. The smallest absolute Gasteiger partial charge is 0.0210 e. The second-order valence-electron chi connectivity index (χ2n) is 11.1. The van der Waals surface area contributed by atoms with E-state index in [0.717, 1.165) is 12.8 Å². The summed E-state index contributed by atoms with van der Waals surface area (Å²) in [7, 11) is 0. The molecule has 0 nitrogen and oxygen atoms in total. The van der Waals surface area contributed by atoms with E-state index in [-0.39, 0.29) is 5.41 Å². The zero-order valence-electron chi connectivity index (χ0n) is 23.8. The quantitative estimate of drug-likeness (QED) is 0.202. The predicted molar refractivity (Wildman–Crippen MR) is 175 cm³/mol. The summed E-state index contributed by atoms with van der Waals surface area (Å²) in [5, 5.41) is 0. The molecule has 1 aliphatic carbocycles. The van der Waals surface area contributed by atoms with Gasteiger partial charge in [0.15, 0.2) is 0 Å². The second kappa shape index (κ2) is 10.4. The van der Waals surface area contributed by atoms with Crippen molar-refractivity contribution in [3.63, 3.8) is 0 Å². The van der Waals surface area contributed by atoms with Crippen LogP contribution in [0.5, 0.6) is 0 Å². The Morgan fingerprint density at radius 2 is 0.805 bits per heavy atom. The van der Waals surface area contributed by atoms with Crippen LogP contribution in [0.3, 0.4) is 0 Å². The lowest BCUT2D eigenvalue weighted by atomic mass is 9.72. The van der Waals surface area contributed by atoms with E-state index >= 15 is 0 Å². The average molecular weight is 527 g/mol. The summed E-state index contributed by atoms with van der Waals surface area (Å²) < 4.78 is 0. The van der Waals surface area contributed by atoms with Crippen LogP contribution in [0.15, 0.2) is 146 Å². The molecule has 0 bridgehead atoms. The van der Waals surface area contributed by atoms with E-state index in [0.29, 0.717) is 0 Å². The summed E-state index contributed by atoms with van der Waals surface area (Å²) in [6.07, 6.45) is 2.10. The summed E-state index contributed by atoms with van der Waals surface area (Å²) in [5.74, 6) is 0. The number of fused-ring (bicyclic) bond motifs is 3. The molecule has 0 heterocycles. The summed E-state index contributed by atoms with van der Waals surface area (Å²) in [4.78, 5) is 0. The third kappa shape index (κ3) is 4.14. The highest BCUT2D eigenvalue weighted by molar-refractivity contribution is 5.99. The fraction of sp³-hybridized carbons (Fsp3) is 0.122. The summed E-state index contributed by atoms with van der Waals surface area (Å²) >= 11 is 0. The molecule has 7 rings (SSSR count). The van der Waals surface area contributed by atoms with Crippen LogP contribution in [0.1, 0.15) is 37.8 Å². The summed E-state index contributed by atoms with van der Waals surface area (Å²) in [5.41, 5.74) is 15.9. The van der Waals surface area contributed by atoms with Crippen LogP contribution < -0.4 is 0 Å². The largest absolute Gasteiger partial charge is 0.0642 e. The Hall–Kier alpha value is -4.68. The van der Waals surface area contributed by atoms with Crippen LogP contribution in [0.2, 0.25) is 0 Å². The molecule has 0 heteroatoms. The maximum absolute atomic E-state index is 2.52.